The van der Waals surface area contributed by atoms with Crippen molar-refractivity contribution in [2.24, 2.45) is 0 Å². The Hall–Kier alpha value is -1.66. The Balaban J connectivity index is 2.79. The number of carbonyl (C=O) groups excluding carboxylic acids is 1. The Labute approximate surface area is 135 Å². The molecule has 0 aromatic heterocycles. The summed E-state index contributed by atoms with van der Waals surface area (Å²) in [5.41, 5.74) is -0.475. The molecule has 0 atom stereocenters. The highest BCUT2D eigenvalue weighted by Gasteiger charge is 2.23. The molecule has 0 aliphatic carbocycles. The molecule has 0 spiro atoms. The van der Waals surface area contributed by atoms with Crippen LogP contribution >= 0.6 is 11.6 Å². The monoisotopic (exact) mass is 330 g/mol. The third kappa shape index (κ3) is 4.68. The zero-order valence-corrected chi connectivity index (χ0v) is 14.1. The van der Waals surface area contributed by atoms with E-state index in [9.17, 15) is 9.90 Å². The minimum atomic E-state index is -0.904. The normalized spacial score (nSPS) is 11.0. The van der Waals surface area contributed by atoms with E-state index in [1.807, 2.05) is 13.8 Å². The summed E-state index contributed by atoms with van der Waals surface area (Å²) in [6.45, 7) is 3.91. The number of halogens is 1. The molecule has 0 saturated heterocycles. The molecule has 6 nitrogen and oxygen atoms in total. The Kier molecular flexibility index (Phi) is 6.77. The van der Waals surface area contributed by atoms with E-state index < -0.39 is 11.6 Å². The van der Waals surface area contributed by atoms with Gasteiger partial charge in [0.15, 0.2) is 0 Å². The summed E-state index contributed by atoms with van der Waals surface area (Å²) in [4.78, 5) is 12.0. The first kappa shape index (κ1) is 18.4. The molecule has 0 heterocycles. The summed E-state index contributed by atoms with van der Waals surface area (Å²) >= 11 is 6.01. The van der Waals surface area contributed by atoms with Crippen LogP contribution in [0.25, 0.3) is 0 Å². The summed E-state index contributed by atoms with van der Waals surface area (Å²) in [6.07, 6.45) is 1.11. The standard InChI is InChI=1S/C15H23ClN2O4/c1-5-15(20,6-2)9-17-14(19)18-11-8-12(21-3)10(16)7-13(11)22-4/h7-8,20H,5-6,9H2,1-4H3,(H2,17,18,19). The number of aliphatic hydroxyl groups is 1. The van der Waals surface area contributed by atoms with Gasteiger partial charge >= 0.3 is 6.03 Å². The van der Waals surface area contributed by atoms with Gasteiger partial charge in [-0.2, -0.15) is 0 Å². The number of hydrogen-bond donors (Lipinski definition) is 3. The number of rotatable bonds is 7. The molecule has 7 heteroatoms. The number of carbonyl (C=O) groups is 1. The fourth-order valence-corrected chi connectivity index (χ4v) is 2.10. The van der Waals surface area contributed by atoms with Crippen molar-refractivity contribution >= 4 is 23.3 Å². The molecule has 22 heavy (non-hydrogen) atoms. The predicted molar refractivity (Wildman–Crippen MR) is 87.1 cm³/mol. The van der Waals surface area contributed by atoms with E-state index in [2.05, 4.69) is 10.6 Å². The molecule has 0 aliphatic rings. The SMILES string of the molecule is CCC(O)(CC)CNC(=O)Nc1cc(OC)c(Cl)cc1OC. The van der Waals surface area contributed by atoms with E-state index in [-0.39, 0.29) is 6.54 Å². The summed E-state index contributed by atoms with van der Waals surface area (Å²) < 4.78 is 10.3. The number of methoxy groups -OCH3 is 2. The van der Waals surface area contributed by atoms with Crippen molar-refractivity contribution in [2.45, 2.75) is 32.3 Å². The first-order chi connectivity index (χ1) is 10.4. The lowest BCUT2D eigenvalue weighted by atomic mass is 9.98. The zero-order chi connectivity index (χ0) is 16.8. The van der Waals surface area contributed by atoms with Gasteiger partial charge in [-0.1, -0.05) is 25.4 Å². The number of nitrogens with one attached hydrogen (secondary N) is 2. The molecule has 124 valence electrons. The molecular formula is C15H23ClN2O4. The second-order valence-electron chi connectivity index (χ2n) is 4.93. The van der Waals surface area contributed by atoms with Crippen molar-refractivity contribution in [1.29, 1.82) is 0 Å². The van der Waals surface area contributed by atoms with Crippen LogP contribution in [0.5, 0.6) is 11.5 Å². The number of hydrogen-bond acceptors (Lipinski definition) is 4. The van der Waals surface area contributed by atoms with Crippen LogP contribution in [0.15, 0.2) is 12.1 Å². The summed E-state index contributed by atoms with van der Waals surface area (Å²) in [6, 6.07) is 2.69. The first-order valence-electron chi connectivity index (χ1n) is 7.07. The summed E-state index contributed by atoms with van der Waals surface area (Å²) in [7, 11) is 2.97. The molecule has 1 aromatic carbocycles. The van der Waals surface area contributed by atoms with Gasteiger partial charge in [0.05, 0.1) is 30.5 Å². The molecule has 0 fully saturated rings. The van der Waals surface area contributed by atoms with E-state index >= 15 is 0 Å². The van der Waals surface area contributed by atoms with E-state index in [0.29, 0.717) is 35.1 Å². The molecule has 0 bridgehead atoms. The van der Waals surface area contributed by atoms with Crippen molar-refractivity contribution in [2.75, 3.05) is 26.1 Å². The maximum Gasteiger partial charge on any atom is 0.319 e. The van der Waals surface area contributed by atoms with Crippen LogP contribution < -0.4 is 20.1 Å². The van der Waals surface area contributed by atoms with E-state index in [0.717, 1.165) is 0 Å². The highest BCUT2D eigenvalue weighted by atomic mass is 35.5. The smallest absolute Gasteiger partial charge is 0.319 e. The average molecular weight is 331 g/mol. The summed E-state index contributed by atoms with van der Waals surface area (Å²) in [5, 5.41) is 15.9. The van der Waals surface area contributed by atoms with Gasteiger partial charge in [0.1, 0.15) is 11.5 Å². The van der Waals surface area contributed by atoms with Crippen molar-refractivity contribution in [3.8, 4) is 11.5 Å². The molecule has 0 aliphatic heterocycles. The number of benzene rings is 1. The molecule has 0 radical (unpaired) electrons. The number of urea groups is 1. The Bertz CT molecular complexity index is 519. The lowest BCUT2D eigenvalue weighted by molar-refractivity contribution is 0.0354. The van der Waals surface area contributed by atoms with E-state index in [4.69, 9.17) is 21.1 Å². The van der Waals surface area contributed by atoms with Gasteiger partial charge in [0.2, 0.25) is 0 Å². The van der Waals surface area contributed by atoms with E-state index in [1.165, 1.54) is 14.2 Å². The average Bonchev–Trinajstić information content (AvgIpc) is 2.53. The van der Waals surface area contributed by atoms with Gasteiger partial charge in [-0.05, 0) is 12.8 Å². The largest absolute Gasteiger partial charge is 0.495 e. The third-order valence-corrected chi connectivity index (χ3v) is 3.91. The molecular weight excluding hydrogens is 308 g/mol. The van der Waals surface area contributed by atoms with Gasteiger partial charge < -0.3 is 25.2 Å². The fourth-order valence-electron chi connectivity index (χ4n) is 1.87. The van der Waals surface area contributed by atoms with Crippen LogP contribution in [-0.4, -0.2) is 37.5 Å². The Morgan fingerprint density at radius 2 is 1.82 bits per heavy atom. The number of ether oxygens (including phenoxy) is 2. The van der Waals surface area contributed by atoms with Crippen molar-refractivity contribution in [3.63, 3.8) is 0 Å². The minimum absolute atomic E-state index is 0.166. The molecule has 1 rings (SSSR count). The first-order valence-corrected chi connectivity index (χ1v) is 7.45. The van der Waals surface area contributed by atoms with Gasteiger partial charge in [-0.3, -0.25) is 0 Å². The second kappa shape index (κ2) is 8.10. The minimum Gasteiger partial charge on any atom is -0.495 e. The Morgan fingerprint density at radius 1 is 1.23 bits per heavy atom. The number of anilines is 1. The van der Waals surface area contributed by atoms with Crippen LogP contribution in [-0.2, 0) is 0 Å². The number of amides is 2. The zero-order valence-electron chi connectivity index (χ0n) is 13.3. The van der Waals surface area contributed by atoms with Crippen LogP contribution in [0.4, 0.5) is 10.5 Å². The van der Waals surface area contributed by atoms with Gasteiger partial charge in [0, 0.05) is 18.7 Å². The van der Waals surface area contributed by atoms with Crippen LogP contribution in [0, 0.1) is 0 Å². The molecule has 0 unspecified atom stereocenters. The van der Waals surface area contributed by atoms with Gasteiger partial charge in [-0.15, -0.1) is 0 Å². The van der Waals surface area contributed by atoms with E-state index in [1.54, 1.807) is 12.1 Å². The fraction of sp³-hybridized carbons (Fsp3) is 0.533. The lowest BCUT2D eigenvalue weighted by Crippen LogP contribution is -2.43. The molecule has 2 amide bonds. The Morgan fingerprint density at radius 3 is 2.32 bits per heavy atom. The molecule has 0 saturated carbocycles. The maximum absolute atomic E-state index is 12.0. The maximum atomic E-state index is 12.0. The van der Waals surface area contributed by atoms with Crippen LogP contribution in [0.1, 0.15) is 26.7 Å². The van der Waals surface area contributed by atoms with Crippen LogP contribution in [0.2, 0.25) is 5.02 Å². The highest BCUT2D eigenvalue weighted by molar-refractivity contribution is 6.32. The van der Waals surface area contributed by atoms with Crippen LogP contribution in [0.3, 0.4) is 0 Å². The second-order valence-corrected chi connectivity index (χ2v) is 5.33. The quantitative estimate of drug-likeness (QED) is 0.718. The van der Waals surface area contributed by atoms with Gasteiger partial charge in [-0.25, -0.2) is 4.79 Å². The molecule has 3 N–H and O–H groups in total. The van der Waals surface area contributed by atoms with Crippen molar-refractivity contribution in [3.05, 3.63) is 17.2 Å². The van der Waals surface area contributed by atoms with Crippen molar-refractivity contribution in [1.82, 2.24) is 5.32 Å². The van der Waals surface area contributed by atoms with Gasteiger partial charge in [0.25, 0.3) is 0 Å². The summed E-state index contributed by atoms with van der Waals surface area (Å²) in [5.74, 6) is 0.846. The topological polar surface area (TPSA) is 79.8 Å². The highest BCUT2D eigenvalue weighted by Crippen LogP contribution is 2.35. The predicted octanol–water partition coefficient (Wildman–Crippen LogP) is 3.03. The lowest BCUT2D eigenvalue weighted by Gasteiger charge is -2.25. The third-order valence-electron chi connectivity index (χ3n) is 3.62. The molecule has 1 aromatic rings. The van der Waals surface area contributed by atoms with Crippen molar-refractivity contribution < 1.29 is 19.4 Å².